The first kappa shape index (κ1) is 14.1. The molecule has 0 aromatic heterocycles. The highest BCUT2D eigenvalue weighted by Crippen LogP contribution is 2.16. The normalized spacial score (nSPS) is 13.9. The molecular weight excluding hydrogens is 241 g/mol. The van der Waals surface area contributed by atoms with Gasteiger partial charge in [0.2, 0.25) is 10.0 Å². The smallest absolute Gasteiger partial charge is 0.208 e. The van der Waals surface area contributed by atoms with E-state index in [1.165, 1.54) is 18.2 Å². The van der Waals surface area contributed by atoms with Crippen LogP contribution in [0.25, 0.3) is 0 Å². The summed E-state index contributed by atoms with van der Waals surface area (Å²) in [5, 5.41) is 0. The quantitative estimate of drug-likeness (QED) is 0.883. The van der Waals surface area contributed by atoms with E-state index in [4.69, 9.17) is 0 Å². The third-order valence-corrected chi connectivity index (χ3v) is 4.20. The van der Waals surface area contributed by atoms with Crippen molar-refractivity contribution in [2.45, 2.75) is 38.1 Å². The van der Waals surface area contributed by atoms with E-state index in [1.54, 1.807) is 0 Å². The van der Waals surface area contributed by atoms with Crippen LogP contribution < -0.4 is 4.72 Å². The van der Waals surface area contributed by atoms with Crippen molar-refractivity contribution in [3.8, 4) is 0 Å². The highest BCUT2D eigenvalue weighted by Gasteiger charge is 2.23. The van der Waals surface area contributed by atoms with Crippen molar-refractivity contribution in [1.82, 2.24) is 4.72 Å². The number of hydrogen-bond acceptors (Lipinski definition) is 2. The van der Waals surface area contributed by atoms with Crippen LogP contribution in [0.15, 0.2) is 29.2 Å². The predicted octanol–water partition coefficient (Wildman–Crippen LogP) is 2.54. The van der Waals surface area contributed by atoms with Crippen LogP contribution in [-0.2, 0) is 10.0 Å². The average molecular weight is 259 g/mol. The molecule has 5 heteroatoms. The fraction of sp³-hybridized carbons (Fsp3) is 0.500. The minimum atomic E-state index is -3.77. The largest absolute Gasteiger partial charge is 0.243 e. The van der Waals surface area contributed by atoms with Gasteiger partial charge in [0.25, 0.3) is 0 Å². The van der Waals surface area contributed by atoms with Gasteiger partial charge >= 0.3 is 0 Å². The number of hydrogen-bond donors (Lipinski definition) is 1. The summed E-state index contributed by atoms with van der Waals surface area (Å²) in [6.45, 7) is 5.75. The molecule has 1 rings (SSSR count). The first-order chi connectivity index (χ1) is 7.88. The van der Waals surface area contributed by atoms with Gasteiger partial charge in [-0.25, -0.2) is 17.5 Å². The van der Waals surface area contributed by atoms with Crippen molar-refractivity contribution in [3.63, 3.8) is 0 Å². The summed E-state index contributed by atoms with van der Waals surface area (Å²) in [6.07, 6.45) is 0.672. The molecule has 0 spiro atoms. The molecule has 1 unspecified atom stereocenters. The van der Waals surface area contributed by atoms with Gasteiger partial charge in [0.05, 0.1) is 0 Å². The highest BCUT2D eigenvalue weighted by molar-refractivity contribution is 7.89. The zero-order valence-electron chi connectivity index (χ0n) is 10.3. The second-order valence-electron chi connectivity index (χ2n) is 4.31. The van der Waals surface area contributed by atoms with E-state index in [0.29, 0.717) is 6.42 Å². The van der Waals surface area contributed by atoms with E-state index >= 15 is 0 Å². The first-order valence-electron chi connectivity index (χ1n) is 5.65. The van der Waals surface area contributed by atoms with Gasteiger partial charge in [-0.05, 0) is 24.5 Å². The molecule has 0 aliphatic carbocycles. The number of nitrogens with one attached hydrogen (secondary N) is 1. The van der Waals surface area contributed by atoms with Gasteiger partial charge in [0, 0.05) is 6.04 Å². The molecule has 0 bridgehead atoms. The fourth-order valence-corrected chi connectivity index (χ4v) is 3.16. The molecule has 0 fully saturated rings. The summed E-state index contributed by atoms with van der Waals surface area (Å²) < 4.78 is 39.9. The fourth-order valence-electron chi connectivity index (χ4n) is 1.62. The molecule has 0 heterocycles. The molecule has 0 radical (unpaired) electrons. The molecule has 0 saturated carbocycles. The second-order valence-corrected chi connectivity index (χ2v) is 5.99. The lowest BCUT2D eigenvalue weighted by Crippen LogP contribution is -2.38. The van der Waals surface area contributed by atoms with Crippen LogP contribution in [0.5, 0.6) is 0 Å². The molecule has 1 N–H and O–H groups in total. The van der Waals surface area contributed by atoms with Crippen LogP contribution in [0.4, 0.5) is 4.39 Å². The van der Waals surface area contributed by atoms with E-state index in [1.807, 2.05) is 20.8 Å². The lowest BCUT2D eigenvalue weighted by Gasteiger charge is -2.20. The lowest BCUT2D eigenvalue weighted by atomic mass is 10.0. The van der Waals surface area contributed by atoms with Crippen LogP contribution in [0, 0.1) is 11.7 Å². The van der Waals surface area contributed by atoms with E-state index in [9.17, 15) is 12.8 Å². The molecule has 1 aromatic carbocycles. The zero-order chi connectivity index (χ0) is 13.1. The zero-order valence-corrected chi connectivity index (χ0v) is 11.1. The van der Waals surface area contributed by atoms with Crippen molar-refractivity contribution >= 4 is 10.0 Å². The van der Waals surface area contributed by atoms with E-state index in [2.05, 4.69) is 4.72 Å². The minimum Gasteiger partial charge on any atom is -0.208 e. The molecule has 0 aliphatic rings. The Hall–Kier alpha value is -0.940. The third kappa shape index (κ3) is 3.51. The van der Waals surface area contributed by atoms with Crippen LogP contribution in [0.1, 0.15) is 27.2 Å². The topological polar surface area (TPSA) is 46.2 Å². The van der Waals surface area contributed by atoms with E-state index < -0.39 is 15.8 Å². The summed E-state index contributed by atoms with van der Waals surface area (Å²) in [6, 6.07) is 5.21. The lowest BCUT2D eigenvalue weighted by molar-refractivity contribution is 0.435. The molecule has 0 saturated heterocycles. The maximum Gasteiger partial charge on any atom is 0.243 e. The number of sulfonamides is 1. The Morgan fingerprint density at radius 2 is 1.88 bits per heavy atom. The van der Waals surface area contributed by atoms with Gasteiger partial charge in [0.1, 0.15) is 10.7 Å². The first-order valence-corrected chi connectivity index (χ1v) is 7.13. The molecule has 3 nitrogen and oxygen atoms in total. The molecule has 17 heavy (non-hydrogen) atoms. The van der Waals surface area contributed by atoms with Crippen LogP contribution in [0.3, 0.4) is 0 Å². The Kier molecular flexibility index (Phi) is 4.65. The van der Waals surface area contributed by atoms with Crippen molar-refractivity contribution in [2.75, 3.05) is 0 Å². The molecule has 1 atom stereocenters. The van der Waals surface area contributed by atoms with E-state index in [-0.39, 0.29) is 16.9 Å². The summed E-state index contributed by atoms with van der Waals surface area (Å²) in [5.74, 6) is -0.555. The third-order valence-electron chi connectivity index (χ3n) is 2.68. The van der Waals surface area contributed by atoms with Gasteiger partial charge in [-0.3, -0.25) is 0 Å². The van der Waals surface area contributed by atoms with Crippen molar-refractivity contribution in [2.24, 2.45) is 5.92 Å². The van der Waals surface area contributed by atoms with Crippen LogP contribution >= 0.6 is 0 Å². The number of halogens is 1. The Labute approximate surface area is 102 Å². The molecule has 0 aliphatic heterocycles. The molecule has 0 amide bonds. The average Bonchev–Trinajstić information content (AvgIpc) is 2.26. The van der Waals surface area contributed by atoms with Gasteiger partial charge in [-0.15, -0.1) is 0 Å². The number of benzene rings is 1. The highest BCUT2D eigenvalue weighted by atomic mass is 32.2. The van der Waals surface area contributed by atoms with Crippen molar-refractivity contribution in [1.29, 1.82) is 0 Å². The van der Waals surface area contributed by atoms with Crippen molar-refractivity contribution in [3.05, 3.63) is 30.1 Å². The Balaban J connectivity index is 3.01. The van der Waals surface area contributed by atoms with Gasteiger partial charge < -0.3 is 0 Å². The maximum atomic E-state index is 13.4. The maximum absolute atomic E-state index is 13.4. The second kappa shape index (κ2) is 5.60. The van der Waals surface area contributed by atoms with Gasteiger partial charge in [-0.2, -0.15) is 0 Å². The summed E-state index contributed by atoms with van der Waals surface area (Å²) in [5.41, 5.74) is 0. The molecule has 96 valence electrons. The molecular formula is C12H18FNO2S. The van der Waals surface area contributed by atoms with E-state index in [0.717, 1.165) is 6.07 Å². The Bertz CT molecular complexity index is 471. The number of rotatable bonds is 5. The Morgan fingerprint density at radius 3 is 2.35 bits per heavy atom. The predicted molar refractivity (Wildman–Crippen MR) is 65.6 cm³/mol. The molecule has 1 aromatic rings. The van der Waals surface area contributed by atoms with Gasteiger partial charge in [-0.1, -0.05) is 32.9 Å². The summed E-state index contributed by atoms with van der Waals surface area (Å²) in [7, 11) is -3.77. The van der Waals surface area contributed by atoms with Crippen LogP contribution in [0.2, 0.25) is 0 Å². The SMILES string of the molecule is CCC(NS(=O)(=O)c1ccccc1F)C(C)C. The standard InChI is InChI=1S/C12H18FNO2S/c1-4-11(9(2)3)14-17(15,16)12-8-6-5-7-10(12)13/h5-9,11,14H,4H2,1-3H3. The summed E-state index contributed by atoms with van der Waals surface area (Å²) in [4.78, 5) is -0.292. The van der Waals surface area contributed by atoms with Gasteiger partial charge in [0.15, 0.2) is 0 Å². The van der Waals surface area contributed by atoms with Crippen molar-refractivity contribution < 1.29 is 12.8 Å². The Morgan fingerprint density at radius 1 is 1.29 bits per heavy atom. The minimum absolute atomic E-state index is 0.168. The van der Waals surface area contributed by atoms with Crippen LogP contribution in [-0.4, -0.2) is 14.5 Å². The summed E-state index contributed by atoms with van der Waals surface area (Å²) >= 11 is 0. The monoisotopic (exact) mass is 259 g/mol.